The quantitative estimate of drug-likeness (QED) is 0.751. The van der Waals surface area contributed by atoms with Gasteiger partial charge in [-0.05, 0) is 42.3 Å². The molecule has 0 N–H and O–H groups in total. The van der Waals surface area contributed by atoms with Crippen molar-refractivity contribution in [1.82, 2.24) is 4.90 Å². The Labute approximate surface area is 113 Å². The summed E-state index contributed by atoms with van der Waals surface area (Å²) >= 11 is 0. The second-order valence-corrected chi connectivity index (χ2v) is 5.40. The molecule has 0 fully saturated rings. The molecule has 3 rings (SSSR count). The van der Waals surface area contributed by atoms with E-state index in [9.17, 15) is 4.39 Å². The van der Waals surface area contributed by atoms with Gasteiger partial charge in [0.25, 0.3) is 0 Å². The number of hydrogen-bond donors (Lipinski definition) is 0. The van der Waals surface area contributed by atoms with Gasteiger partial charge in [-0.15, -0.1) is 0 Å². The van der Waals surface area contributed by atoms with E-state index in [1.54, 1.807) is 6.07 Å². The molecule has 19 heavy (non-hydrogen) atoms. The van der Waals surface area contributed by atoms with E-state index >= 15 is 0 Å². The van der Waals surface area contributed by atoms with Crippen LogP contribution in [0.5, 0.6) is 0 Å². The van der Waals surface area contributed by atoms with E-state index in [4.69, 9.17) is 0 Å². The lowest BCUT2D eigenvalue weighted by Gasteiger charge is -2.33. The van der Waals surface area contributed by atoms with Crippen molar-refractivity contribution < 1.29 is 4.39 Å². The molecule has 2 heteroatoms. The lowest BCUT2D eigenvalue weighted by atomic mass is 9.83. The molecule has 0 aromatic heterocycles. The molecule has 0 aliphatic carbocycles. The normalized spacial score (nSPS) is 19.2. The number of fused-ring (bicyclic) bond motifs is 1. The fourth-order valence-electron chi connectivity index (χ4n) is 3.00. The molecule has 0 saturated heterocycles. The molecule has 0 bridgehead atoms. The fourth-order valence-corrected chi connectivity index (χ4v) is 3.00. The minimum absolute atomic E-state index is 0.0964. The molecule has 98 valence electrons. The van der Waals surface area contributed by atoms with Gasteiger partial charge in [0, 0.05) is 19.0 Å². The zero-order chi connectivity index (χ0) is 13.4. The Morgan fingerprint density at radius 3 is 2.58 bits per heavy atom. The summed E-state index contributed by atoms with van der Waals surface area (Å²) in [6.07, 6.45) is 0. The van der Waals surface area contributed by atoms with Crippen LogP contribution in [0.4, 0.5) is 4.39 Å². The molecular weight excluding hydrogens is 237 g/mol. The van der Waals surface area contributed by atoms with Crippen molar-refractivity contribution in [3.8, 4) is 0 Å². The highest BCUT2D eigenvalue weighted by Crippen LogP contribution is 2.35. The van der Waals surface area contributed by atoms with Crippen LogP contribution in [-0.4, -0.2) is 18.5 Å². The molecule has 0 spiro atoms. The van der Waals surface area contributed by atoms with Crippen LogP contribution in [0.15, 0.2) is 42.5 Å². The molecule has 0 radical (unpaired) electrons. The van der Waals surface area contributed by atoms with E-state index < -0.39 is 0 Å². The summed E-state index contributed by atoms with van der Waals surface area (Å²) in [6, 6.07) is 14.1. The predicted molar refractivity (Wildman–Crippen MR) is 75.8 cm³/mol. The average molecular weight is 255 g/mol. The highest BCUT2D eigenvalue weighted by Gasteiger charge is 2.26. The van der Waals surface area contributed by atoms with Gasteiger partial charge < -0.3 is 4.90 Å². The highest BCUT2D eigenvalue weighted by molar-refractivity contribution is 5.44. The van der Waals surface area contributed by atoms with E-state index in [0.717, 1.165) is 24.2 Å². The van der Waals surface area contributed by atoms with Gasteiger partial charge in [-0.1, -0.05) is 36.4 Å². The summed E-state index contributed by atoms with van der Waals surface area (Å²) in [5, 5.41) is 0. The Kier molecular flexibility index (Phi) is 3.11. The lowest BCUT2D eigenvalue weighted by molar-refractivity contribution is 0.293. The molecule has 2 aromatic rings. The SMILES string of the molecule is Cc1c(F)ccc2c1CN(C)CC2c1ccccc1. The van der Waals surface area contributed by atoms with Gasteiger partial charge in [0.2, 0.25) is 0 Å². The van der Waals surface area contributed by atoms with Gasteiger partial charge in [-0.2, -0.15) is 0 Å². The Bertz CT molecular complexity index is 592. The molecule has 0 amide bonds. The van der Waals surface area contributed by atoms with E-state index in [1.807, 2.05) is 19.1 Å². The highest BCUT2D eigenvalue weighted by atomic mass is 19.1. The summed E-state index contributed by atoms with van der Waals surface area (Å²) in [6.45, 7) is 3.71. The lowest BCUT2D eigenvalue weighted by Crippen LogP contribution is -2.31. The van der Waals surface area contributed by atoms with E-state index in [2.05, 4.69) is 36.2 Å². The number of benzene rings is 2. The summed E-state index contributed by atoms with van der Waals surface area (Å²) < 4.78 is 13.7. The van der Waals surface area contributed by atoms with Crippen LogP contribution in [0, 0.1) is 12.7 Å². The van der Waals surface area contributed by atoms with Crippen LogP contribution in [0.1, 0.15) is 28.2 Å². The van der Waals surface area contributed by atoms with Crippen LogP contribution < -0.4 is 0 Å². The topological polar surface area (TPSA) is 3.24 Å². The van der Waals surface area contributed by atoms with Crippen molar-refractivity contribution in [2.75, 3.05) is 13.6 Å². The first-order chi connectivity index (χ1) is 9.16. The first-order valence-corrected chi connectivity index (χ1v) is 6.68. The van der Waals surface area contributed by atoms with Crippen LogP contribution >= 0.6 is 0 Å². The van der Waals surface area contributed by atoms with Crippen molar-refractivity contribution >= 4 is 0 Å². The first kappa shape index (κ1) is 12.4. The number of halogens is 1. The Hall–Kier alpha value is -1.67. The minimum atomic E-state index is -0.0964. The first-order valence-electron chi connectivity index (χ1n) is 6.68. The number of rotatable bonds is 1. The Balaban J connectivity index is 2.13. The molecule has 0 saturated carbocycles. The maximum absolute atomic E-state index is 13.7. The van der Waals surface area contributed by atoms with Crippen molar-refractivity contribution in [3.63, 3.8) is 0 Å². The van der Waals surface area contributed by atoms with E-state index in [0.29, 0.717) is 5.92 Å². The Morgan fingerprint density at radius 2 is 1.84 bits per heavy atom. The smallest absolute Gasteiger partial charge is 0.126 e. The minimum Gasteiger partial charge on any atom is -0.301 e. The van der Waals surface area contributed by atoms with Crippen LogP contribution in [0.25, 0.3) is 0 Å². The molecule has 1 atom stereocenters. The van der Waals surface area contributed by atoms with Crippen molar-refractivity contribution in [2.45, 2.75) is 19.4 Å². The van der Waals surface area contributed by atoms with Crippen LogP contribution in [0.2, 0.25) is 0 Å². The molecule has 1 heterocycles. The maximum atomic E-state index is 13.7. The molecular formula is C17H18FN. The van der Waals surface area contributed by atoms with Gasteiger partial charge >= 0.3 is 0 Å². The predicted octanol–water partition coefficient (Wildman–Crippen LogP) is 3.71. The van der Waals surface area contributed by atoms with Gasteiger partial charge in [-0.3, -0.25) is 0 Å². The van der Waals surface area contributed by atoms with Crippen LogP contribution in [-0.2, 0) is 6.54 Å². The fraction of sp³-hybridized carbons (Fsp3) is 0.294. The van der Waals surface area contributed by atoms with Crippen LogP contribution in [0.3, 0.4) is 0 Å². The van der Waals surface area contributed by atoms with Gasteiger partial charge in [0.15, 0.2) is 0 Å². The van der Waals surface area contributed by atoms with Gasteiger partial charge in [0.1, 0.15) is 5.82 Å². The summed E-state index contributed by atoms with van der Waals surface area (Å²) in [4.78, 5) is 2.27. The van der Waals surface area contributed by atoms with Crippen molar-refractivity contribution in [1.29, 1.82) is 0 Å². The largest absolute Gasteiger partial charge is 0.301 e. The zero-order valence-electron chi connectivity index (χ0n) is 11.4. The summed E-state index contributed by atoms with van der Waals surface area (Å²) in [7, 11) is 2.10. The van der Waals surface area contributed by atoms with Crippen molar-refractivity contribution in [3.05, 3.63) is 70.5 Å². The third-order valence-corrected chi connectivity index (χ3v) is 4.07. The summed E-state index contributed by atoms with van der Waals surface area (Å²) in [5.41, 5.74) is 4.54. The van der Waals surface area contributed by atoms with E-state index in [1.165, 1.54) is 11.1 Å². The second-order valence-electron chi connectivity index (χ2n) is 5.40. The Morgan fingerprint density at radius 1 is 1.11 bits per heavy atom. The summed E-state index contributed by atoms with van der Waals surface area (Å²) in [5.74, 6) is 0.245. The zero-order valence-corrected chi connectivity index (χ0v) is 11.4. The van der Waals surface area contributed by atoms with Gasteiger partial charge in [-0.25, -0.2) is 4.39 Å². The molecule has 1 aliphatic rings. The van der Waals surface area contributed by atoms with E-state index in [-0.39, 0.29) is 5.82 Å². The third kappa shape index (κ3) is 2.17. The molecule has 1 aliphatic heterocycles. The number of nitrogens with zero attached hydrogens (tertiary/aromatic N) is 1. The molecule has 2 aromatic carbocycles. The molecule has 1 unspecified atom stereocenters. The number of likely N-dealkylation sites (N-methyl/N-ethyl adjacent to an activating group) is 1. The monoisotopic (exact) mass is 255 g/mol. The number of hydrogen-bond acceptors (Lipinski definition) is 1. The maximum Gasteiger partial charge on any atom is 0.126 e. The standard InChI is InChI=1S/C17H18FN/c1-12-15-10-19(2)11-16(13-6-4-3-5-7-13)14(15)8-9-17(12)18/h3-9,16H,10-11H2,1-2H3. The van der Waals surface area contributed by atoms with Gasteiger partial charge in [0.05, 0.1) is 0 Å². The second kappa shape index (κ2) is 4.78. The third-order valence-electron chi connectivity index (χ3n) is 4.07. The molecule has 1 nitrogen and oxygen atoms in total. The average Bonchev–Trinajstić information content (AvgIpc) is 2.44. The van der Waals surface area contributed by atoms with Crippen molar-refractivity contribution in [2.24, 2.45) is 0 Å².